The molecule has 0 rings (SSSR count). The zero-order chi connectivity index (χ0) is 7.15. The molecule has 0 saturated carbocycles. The van der Waals surface area contributed by atoms with E-state index in [1.165, 1.54) is 0 Å². The van der Waals surface area contributed by atoms with Crippen molar-refractivity contribution in [3.8, 4) is 0 Å². The van der Waals surface area contributed by atoms with Gasteiger partial charge in [-0.25, -0.2) is 0 Å². The Morgan fingerprint density at radius 2 is 1.17 bits per heavy atom. The molecule has 0 aromatic heterocycles. The predicted molar refractivity (Wildman–Crippen MR) is 20.9 cm³/mol. The Hall–Kier alpha value is 5.83. The van der Waals surface area contributed by atoms with Crippen molar-refractivity contribution in [2.75, 3.05) is 0 Å². The summed E-state index contributed by atoms with van der Waals surface area (Å²) in [4.78, 5) is 17.0. The fraction of sp³-hybridized carbons (Fsp3) is 0. The van der Waals surface area contributed by atoms with Crippen LogP contribution in [0.5, 0.6) is 0 Å². The summed E-state index contributed by atoms with van der Waals surface area (Å²) in [5.74, 6) is 0. The van der Waals surface area contributed by atoms with Crippen LogP contribution >= 0.6 is 0 Å². The third kappa shape index (κ3) is 102. The van der Waals surface area contributed by atoms with Gasteiger partial charge in [0.25, 0.3) is 0 Å². The number of hydrogen-bond acceptors (Lipinski definition) is 6. The molecule has 0 aromatic carbocycles. The zero-order valence-electron chi connectivity index (χ0n) is 8.86. The Labute approximate surface area is 226 Å². The Kier molecular flexibility index (Phi) is 90.6. The fourth-order valence-corrected chi connectivity index (χ4v) is 0. The molecule has 0 amide bonds. The van der Waals surface area contributed by atoms with E-state index in [4.69, 9.17) is 24.8 Å². The van der Waals surface area contributed by atoms with Crippen LogP contribution in [0.2, 0.25) is 0 Å². The molecule has 0 bridgehead atoms. The van der Waals surface area contributed by atoms with Gasteiger partial charge in [-0.3, -0.25) is 0 Å². The van der Waals surface area contributed by atoms with Crippen molar-refractivity contribution >= 4 is 107 Å². The normalized spacial score (nSPS) is 4.17. The van der Waals surface area contributed by atoms with Crippen LogP contribution in [0.15, 0.2) is 0 Å². The van der Waals surface area contributed by atoms with Crippen molar-refractivity contribution < 1.29 is 127 Å². The molecule has 0 radical (unpaired) electrons. The van der Waals surface area contributed by atoms with Gasteiger partial charge >= 0.3 is 208 Å². The summed E-state index contributed by atoms with van der Waals surface area (Å²) < 4.78 is 34.3. The van der Waals surface area contributed by atoms with Gasteiger partial charge in [-0.1, -0.05) is 0 Å². The summed E-state index contributed by atoms with van der Waals surface area (Å²) in [5.41, 5.74) is 0. The topological polar surface area (TPSA) is 126 Å². The molecule has 0 aromatic rings. The van der Waals surface area contributed by atoms with Gasteiger partial charge < -0.3 is 16.9 Å². The molecule has 0 spiro atoms. The summed E-state index contributed by atoms with van der Waals surface area (Å²) in [6.07, 6.45) is 0. The molecule has 52 valence electrons. The van der Waals surface area contributed by atoms with Crippen LogP contribution in [0.4, 0.5) is 0 Å². The van der Waals surface area contributed by atoms with E-state index in [9.17, 15) is 0 Å². The van der Waals surface area contributed by atoms with E-state index in [0.717, 1.165) is 0 Å². The molecule has 0 aliphatic carbocycles. The van der Waals surface area contributed by atoms with E-state index in [-0.39, 0.29) is 182 Å². The predicted octanol–water partition coefficient (Wildman–Crippen LogP) is -11.9. The van der Waals surface area contributed by atoms with E-state index < -0.39 is 27.8 Å². The van der Waals surface area contributed by atoms with Gasteiger partial charge in [0, 0.05) is 9.17 Å². The van der Waals surface area contributed by atoms with E-state index >= 15 is 0 Å². The second kappa shape index (κ2) is 30.1. The zero-order valence-corrected chi connectivity index (χ0v) is 23.4. The molecule has 0 fully saturated rings. The first kappa shape index (κ1) is 36.1. The van der Waals surface area contributed by atoms with Gasteiger partial charge in [0.05, 0.1) is 0 Å². The molecule has 0 aliphatic rings. The Bertz CT molecular complexity index is 91.8. The monoisotopic (exact) mass is 512 g/mol. The minimum absolute atomic E-state index is 0. The first-order valence-electron chi connectivity index (χ1n) is 1.22. The SMILES string of the molecule is O=[Si]([O-])[O-].[Ba+2].[Ba+2].[H-].[H-].[K+].[Na+].[O]=[Ti]([O-])[O-]. The standard InChI is InChI=1S/2Ba.K.Na.O3Si.3O.Ti.2H/c;;;;1-4(2)3;;;;;;/q2*+2;2*+1;-2;;2*-1;;2*-1. The van der Waals surface area contributed by atoms with E-state index in [1.54, 1.807) is 0 Å². The van der Waals surface area contributed by atoms with Gasteiger partial charge in [0.15, 0.2) is 0 Å². The van der Waals surface area contributed by atoms with Crippen LogP contribution < -0.4 is 97.9 Å². The molecular weight excluding hydrogens is 509 g/mol. The number of rotatable bonds is 0. The molecule has 0 atom stereocenters. The van der Waals surface area contributed by atoms with E-state index in [0.29, 0.717) is 0 Å². The first-order chi connectivity index (χ1) is 3.46. The van der Waals surface area contributed by atoms with Crippen molar-refractivity contribution in [3.05, 3.63) is 0 Å². The average molecular weight is 511 g/mol. The van der Waals surface area contributed by atoms with Crippen LogP contribution in [-0.2, 0) is 26.4 Å². The Morgan fingerprint density at radius 3 is 1.17 bits per heavy atom. The average Bonchev–Trinajstić information content (AvgIpc) is 1.25. The van der Waals surface area contributed by atoms with Crippen LogP contribution in [0.25, 0.3) is 0 Å². The van der Waals surface area contributed by atoms with Crippen molar-refractivity contribution in [2.24, 2.45) is 0 Å². The van der Waals surface area contributed by atoms with Gasteiger partial charge in [-0.15, -0.1) is 0 Å². The van der Waals surface area contributed by atoms with E-state index in [2.05, 4.69) is 0 Å². The molecule has 0 aliphatic heterocycles. The maximum atomic E-state index is 8.58. The quantitative estimate of drug-likeness (QED) is 0.298. The van der Waals surface area contributed by atoms with Crippen molar-refractivity contribution in [1.29, 1.82) is 0 Å². The Balaban J connectivity index is -0.00000000600. The van der Waals surface area contributed by atoms with Crippen LogP contribution in [0, 0.1) is 0 Å². The van der Waals surface area contributed by atoms with Gasteiger partial charge in [-0.2, -0.15) is 0 Å². The first-order valence-corrected chi connectivity index (χ1v) is 4.36. The second-order valence-electron chi connectivity index (χ2n) is 0.500. The summed E-state index contributed by atoms with van der Waals surface area (Å²) in [5, 5.41) is 0. The maximum absolute atomic E-state index is 8.58. The van der Waals surface area contributed by atoms with Gasteiger partial charge in [0.1, 0.15) is 0 Å². The third-order valence-corrected chi connectivity index (χ3v) is 0. The number of hydrogen-bond donors (Lipinski definition) is 0. The molecule has 0 unspecified atom stereocenters. The molecular formula is H2Ba2KNaO6SiTi. The molecule has 0 heterocycles. The summed E-state index contributed by atoms with van der Waals surface area (Å²) in [7, 11) is -3.63. The molecule has 0 saturated heterocycles. The molecule has 12 heavy (non-hydrogen) atoms. The van der Waals surface area contributed by atoms with Crippen LogP contribution in [-0.4, -0.2) is 107 Å². The third-order valence-electron chi connectivity index (χ3n) is 0. The van der Waals surface area contributed by atoms with E-state index in [1.807, 2.05) is 0 Å². The van der Waals surface area contributed by atoms with Crippen molar-refractivity contribution in [1.82, 2.24) is 0 Å². The Morgan fingerprint density at radius 1 is 1.17 bits per heavy atom. The minimum atomic E-state index is -4.08. The molecule has 12 heteroatoms. The van der Waals surface area contributed by atoms with Crippen LogP contribution in [0.3, 0.4) is 0 Å². The van der Waals surface area contributed by atoms with Crippen molar-refractivity contribution in [3.63, 3.8) is 0 Å². The fourth-order valence-electron chi connectivity index (χ4n) is 0. The van der Waals surface area contributed by atoms with Gasteiger partial charge in [0.2, 0.25) is 0 Å². The van der Waals surface area contributed by atoms with Crippen molar-refractivity contribution in [2.45, 2.75) is 0 Å². The van der Waals surface area contributed by atoms with Gasteiger partial charge in [-0.05, 0) is 0 Å². The van der Waals surface area contributed by atoms with Crippen LogP contribution in [0.1, 0.15) is 2.85 Å². The molecule has 0 N–H and O–H groups in total. The molecule has 6 nitrogen and oxygen atoms in total. The second-order valence-corrected chi connectivity index (χ2v) is 1.78. The summed E-state index contributed by atoms with van der Waals surface area (Å²) in [6, 6.07) is 0. The summed E-state index contributed by atoms with van der Waals surface area (Å²) in [6.45, 7) is 0. The summed E-state index contributed by atoms with van der Waals surface area (Å²) >= 11 is -4.08.